The van der Waals surface area contributed by atoms with Gasteiger partial charge in [0.25, 0.3) is 0 Å². The molecule has 0 bridgehead atoms. The maximum Gasteiger partial charge on any atom is 0.239 e. The van der Waals surface area contributed by atoms with Crippen LogP contribution in [0.4, 0.5) is 0 Å². The van der Waals surface area contributed by atoms with Crippen LogP contribution in [0.25, 0.3) is 0 Å². The Morgan fingerprint density at radius 1 is 1.56 bits per heavy atom. The Morgan fingerprint density at radius 2 is 2.44 bits per heavy atom. The molecule has 2 atom stereocenters. The second-order valence-corrected chi connectivity index (χ2v) is 4.74. The van der Waals surface area contributed by atoms with Crippen molar-refractivity contribution in [1.82, 2.24) is 10.6 Å². The number of hydrogen-bond donors (Lipinski definition) is 3. The minimum Gasteiger partial charge on any atom is -0.377 e. The van der Waals surface area contributed by atoms with Crippen molar-refractivity contribution in [3.8, 4) is 0 Å². The van der Waals surface area contributed by atoms with E-state index in [0.717, 1.165) is 45.4 Å². The number of hydrogen-bond acceptors (Lipinski definition) is 4. The summed E-state index contributed by atoms with van der Waals surface area (Å²) in [5, 5.41) is 6.54. The van der Waals surface area contributed by atoms with Gasteiger partial charge >= 0.3 is 0 Å². The second-order valence-electron chi connectivity index (χ2n) is 4.74. The van der Waals surface area contributed by atoms with Crippen LogP contribution < -0.4 is 16.4 Å². The first-order chi connectivity index (χ1) is 7.73. The fraction of sp³-hybridized carbons (Fsp3) is 0.909. The van der Waals surface area contributed by atoms with Gasteiger partial charge in [-0.15, -0.1) is 0 Å². The zero-order valence-electron chi connectivity index (χ0n) is 9.63. The van der Waals surface area contributed by atoms with Crippen LogP contribution in [0.2, 0.25) is 0 Å². The van der Waals surface area contributed by atoms with Crippen molar-refractivity contribution >= 4 is 5.91 Å². The van der Waals surface area contributed by atoms with E-state index in [-0.39, 0.29) is 12.0 Å². The summed E-state index contributed by atoms with van der Waals surface area (Å²) in [4.78, 5) is 11.6. The van der Waals surface area contributed by atoms with Gasteiger partial charge in [0.2, 0.25) is 5.91 Å². The molecule has 1 amide bonds. The summed E-state index contributed by atoms with van der Waals surface area (Å²) in [5.41, 5.74) is 4.94. The lowest BCUT2D eigenvalue weighted by Crippen LogP contribution is -2.64. The minimum atomic E-state index is -0.565. The monoisotopic (exact) mass is 227 g/mol. The average Bonchev–Trinajstić information content (AvgIpc) is 2.80. The molecule has 2 fully saturated rings. The van der Waals surface area contributed by atoms with Crippen LogP contribution in [-0.2, 0) is 9.53 Å². The molecule has 2 saturated heterocycles. The van der Waals surface area contributed by atoms with Crippen molar-refractivity contribution in [3.05, 3.63) is 0 Å². The van der Waals surface area contributed by atoms with Crippen molar-refractivity contribution in [3.63, 3.8) is 0 Å². The fourth-order valence-corrected chi connectivity index (χ4v) is 2.47. The number of amides is 1. The van der Waals surface area contributed by atoms with E-state index in [4.69, 9.17) is 10.5 Å². The van der Waals surface area contributed by atoms with Crippen LogP contribution in [0.15, 0.2) is 0 Å². The molecular weight excluding hydrogens is 206 g/mol. The minimum absolute atomic E-state index is 0.248. The Kier molecular flexibility index (Phi) is 3.78. The maximum atomic E-state index is 11.6. The lowest BCUT2D eigenvalue weighted by molar-refractivity contribution is -0.125. The SMILES string of the molecule is NC(=O)C1(NCC2CCCO2)CCCNC1. The van der Waals surface area contributed by atoms with E-state index in [1.165, 1.54) is 0 Å². The third kappa shape index (κ3) is 2.53. The van der Waals surface area contributed by atoms with Gasteiger partial charge in [0.15, 0.2) is 0 Å². The van der Waals surface area contributed by atoms with Gasteiger partial charge in [-0.2, -0.15) is 0 Å². The predicted octanol–water partition coefficient (Wildman–Crippen LogP) is -0.637. The molecule has 5 nitrogen and oxygen atoms in total. The molecule has 2 aliphatic heterocycles. The third-order valence-electron chi connectivity index (χ3n) is 3.55. The first-order valence-corrected chi connectivity index (χ1v) is 6.10. The molecule has 0 aromatic rings. The van der Waals surface area contributed by atoms with Crippen molar-refractivity contribution in [2.75, 3.05) is 26.2 Å². The topological polar surface area (TPSA) is 76.4 Å². The Labute approximate surface area is 96.1 Å². The molecule has 0 aliphatic carbocycles. The van der Waals surface area contributed by atoms with Gasteiger partial charge < -0.3 is 15.8 Å². The first-order valence-electron chi connectivity index (χ1n) is 6.10. The van der Waals surface area contributed by atoms with Gasteiger partial charge in [-0.25, -0.2) is 0 Å². The number of carbonyl (C=O) groups is 1. The number of primary amides is 1. The van der Waals surface area contributed by atoms with Crippen LogP contribution >= 0.6 is 0 Å². The lowest BCUT2D eigenvalue weighted by Gasteiger charge is -2.36. The Morgan fingerprint density at radius 3 is 3.00 bits per heavy atom. The Balaban J connectivity index is 1.88. The number of nitrogens with two attached hydrogens (primary N) is 1. The summed E-state index contributed by atoms with van der Waals surface area (Å²) >= 11 is 0. The molecule has 0 spiro atoms. The summed E-state index contributed by atoms with van der Waals surface area (Å²) in [6, 6.07) is 0. The number of carbonyl (C=O) groups excluding carboxylic acids is 1. The number of rotatable bonds is 4. The summed E-state index contributed by atoms with van der Waals surface area (Å²) < 4.78 is 5.53. The molecule has 4 N–H and O–H groups in total. The van der Waals surface area contributed by atoms with E-state index in [1.807, 2.05) is 0 Å². The number of nitrogens with one attached hydrogen (secondary N) is 2. The van der Waals surface area contributed by atoms with E-state index in [0.29, 0.717) is 6.54 Å². The lowest BCUT2D eigenvalue weighted by atomic mass is 9.89. The van der Waals surface area contributed by atoms with Crippen LogP contribution in [0.1, 0.15) is 25.7 Å². The van der Waals surface area contributed by atoms with Crippen molar-refractivity contribution in [2.24, 2.45) is 5.73 Å². The summed E-state index contributed by atoms with van der Waals surface area (Å²) in [6.07, 6.45) is 4.26. The Hall–Kier alpha value is -0.650. The van der Waals surface area contributed by atoms with Gasteiger partial charge in [0.1, 0.15) is 5.54 Å². The average molecular weight is 227 g/mol. The molecule has 0 radical (unpaired) electrons. The zero-order chi connectivity index (χ0) is 11.4. The van der Waals surface area contributed by atoms with Crippen LogP contribution in [-0.4, -0.2) is 43.8 Å². The van der Waals surface area contributed by atoms with Crippen LogP contribution in [0, 0.1) is 0 Å². The predicted molar refractivity (Wildman–Crippen MR) is 61.0 cm³/mol. The molecule has 2 unspecified atom stereocenters. The summed E-state index contributed by atoms with van der Waals surface area (Å²) in [7, 11) is 0. The molecular formula is C11H21N3O2. The second kappa shape index (κ2) is 5.12. The fourth-order valence-electron chi connectivity index (χ4n) is 2.47. The van der Waals surface area contributed by atoms with Crippen LogP contribution in [0.3, 0.4) is 0 Å². The number of ether oxygens (including phenoxy) is 1. The Bertz CT molecular complexity index is 246. The van der Waals surface area contributed by atoms with E-state index < -0.39 is 5.54 Å². The largest absolute Gasteiger partial charge is 0.377 e. The number of piperidine rings is 1. The normalized spacial score (nSPS) is 35.1. The molecule has 0 saturated carbocycles. The van der Waals surface area contributed by atoms with E-state index >= 15 is 0 Å². The molecule has 0 aromatic heterocycles. The van der Waals surface area contributed by atoms with Crippen molar-refractivity contribution in [1.29, 1.82) is 0 Å². The van der Waals surface area contributed by atoms with Gasteiger partial charge in [-0.3, -0.25) is 10.1 Å². The molecule has 0 aromatic carbocycles. The van der Waals surface area contributed by atoms with E-state index in [2.05, 4.69) is 10.6 Å². The first kappa shape index (κ1) is 11.8. The third-order valence-corrected chi connectivity index (χ3v) is 3.55. The standard InChI is InChI=1S/C11H21N3O2/c12-10(15)11(4-2-5-13-8-11)14-7-9-3-1-6-16-9/h9,13-14H,1-8H2,(H2,12,15). The molecule has 16 heavy (non-hydrogen) atoms. The smallest absolute Gasteiger partial charge is 0.239 e. The summed E-state index contributed by atoms with van der Waals surface area (Å²) in [5.74, 6) is -0.252. The van der Waals surface area contributed by atoms with E-state index in [1.54, 1.807) is 0 Å². The molecule has 2 heterocycles. The van der Waals surface area contributed by atoms with Gasteiger partial charge in [0, 0.05) is 19.7 Å². The van der Waals surface area contributed by atoms with Crippen molar-refractivity contribution in [2.45, 2.75) is 37.3 Å². The highest BCUT2D eigenvalue weighted by Crippen LogP contribution is 2.17. The highest BCUT2D eigenvalue weighted by atomic mass is 16.5. The molecule has 5 heteroatoms. The molecule has 2 rings (SSSR count). The van der Waals surface area contributed by atoms with Crippen LogP contribution in [0.5, 0.6) is 0 Å². The molecule has 2 aliphatic rings. The molecule has 92 valence electrons. The quantitative estimate of drug-likeness (QED) is 0.597. The van der Waals surface area contributed by atoms with E-state index in [9.17, 15) is 4.79 Å². The highest BCUT2D eigenvalue weighted by Gasteiger charge is 2.38. The highest BCUT2D eigenvalue weighted by molar-refractivity contribution is 5.85. The zero-order valence-corrected chi connectivity index (χ0v) is 9.63. The van der Waals surface area contributed by atoms with Gasteiger partial charge in [-0.1, -0.05) is 0 Å². The van der Waals surface area contributed by atoms with Gasteiger partial charge in [-0.05, 0) is 32.2 Å². The maximum absolute atomic E-state index is 11.6. The van der Waals surface area contributed by atoms with Gasteiger partial charge in [0.05, 0.1) is 6.10 Å². The summed E-state index contributed by atoms with van der Waals surface area (Å²) in [6.45, 7) is 3.17. The van der Waals surface area contributed by atoms with Crippen molar-refractivity contribution < 1.29 is 9.53 Å².